The first-order chi connectivity index (χ1) is 23.0. The Morgan fingerprint density at radius 1 is 0.574 bits per heavy atom. The lowest BCUT2D eigenvalue weighted by atomic mass is 10.0. The number of unbranched alkanes of at least 4 members (excludes halogenated alkanes) is 27. The van der Waals surface area contributed by atoms with Crippen molar-refractivity contribution in [3.8, 4) is 0 Å². The van der Waals surface area contributed by atoms with Crippen LogP contribution in [0.25, 0.3) is 0 Å². The number of ether oxygens (including phenoxy) is 2. The average molecular weight is 673 g/mol. The molecule has 1 rings (SSSR count). The number of esters is 1. The number of carbonyl (C=O) groups excluding carboxylic acids is 1. The second-order valence-electron chi connectivity index (χ2n) is 14.1. The van der Waals surface area contributed by atoms with Crippen molar-refractivity contribution in [1.82, 2.24) is 0 Å². The van der Waals surface area contributed by atoms with Crippen molar-refractivity contribution in [2.75, 3.05) is 19.8 Å². The summed E-state index contributed by atoms with van der Waals surface area (Å²) in [6.07, 6.45) is 34.7. The van der Waals surface area contributed by atoms with Gasteiger partial charge in [0.05, 0.1) is 13.2 Å². The Morgan fingerprint density at radius 3 is 1.21 bits per heavy atom. The summed E-state index contributed by atoms with van der Waals surface area (Å²) in [6.45, 7) is 4.46. The molecule has 0 saturated carbocycles. The lowest BCUT2D eigenvalue weighted by Crippen LogP contribution is -2.43. The molecule has 0 unspecified atom stereocenters. The van der Waals surface area contributed by atoms with Crippen molar-refractivity contribution >= 4 is 5.97 Å². The van der Waals surface area contributed by atoms with Gasteiger partial charge in [-0.05, 0) is 12.8 Å². The zero-order chi connectivity index (χ0) is 34.6. The summed E-state index contributed by atoms with van der Waals surface area (Å²) in [5.74, 6) is -0.388. The summed E-state index contributed by atoms with van der Waals surface area (Å²) in [6, 6.07) is 0. The maximum absolute atomic E-state index is 12.0. The van der Waals surface area contributed by atoms with Gasteiger partial charge >= 0.3 is 5.97 Å². The Bertz CT molecular complexity index is 618. The van der Waals surface area contributed by atoms with E-state index in [1.165, 1.54) is 161 Å². The summed E-state index contributed by atoms with van der Waals surface area (Å²) in [7, 11) is 0. The molecule has 1 aliphatic rings. The third-order valence-corrected chi connectivity index (χ3v) is 9.52. The van der Waals surface area contributed by atoms with Gasteiger partial charge in [0.25, 0.3) is 0 Å². The highest BCUT2D eigenvalue weighted by molar-refractivity contribution is 5.69. The molecule has 7 nitrogen and oxygen atoms in total. The molecule has 0 aromatic rings. The molecule has 0 aliphatic carbocycles. The van der Waals surface area contributed by atoms with Crippen LogP contribution in [0.15, 0.2) is 0 Å². The van der Waals surface area contributed by atoms with Crippen molar-refractivity contribution in [2.24, 2.45) is 0 Å². The number of aliphatic hydroxyl groups is 4. The molecule has 1 heterocycles. The predicted molar refractivity (Wildman–Crippen MR) is 196 cm³/mol. The van der Waals surface area contributed by atoms with Crippen LogP contribution in [-0.2, 0) is 14.3 Å². The first kappa shape index (κ1) is 46.3. The molecule has 1 saturated heterocycles. The first-order valence-electron chi connectivity index (χ1n) is 20.4. The average Bonchev–Trinajstić information content (AvgIpc) is 3.41. The molecule has 0 amide bonds. The highest BCUT2D eigenvalue weighted by Gasteiger charge is 2.41. The minimum atomic E-state index is -1.14. The lowest BCUT2D eigenvalue weighted by molar-refractivity contribution is -0.162. The van der Waals surface area contributed by atoms with Crippen molar-refractivity contribution in [1.29, 1.82) is 0 Å². The van der Waals surface area contributed by atoms with E-state index in [1.54, 1.807) is 0 Å². The fraction of sp³-hybridized carbons (Fsp3) is 0.975. The third-order valence-electron chi connectivity index (χ3n) is 9.52. The van der Waals surface area contributed by atoms with Crippen molar-refractivity contribution in [3.05, 3.63) is 0 Å². The number of rotatable bonds is 33. The van der Waals surface area contributed by atoms with Gasteiger partial charge in [-0.25, -0.2) is 0 Å². The van der Waals surface area contributed by atoms with Gasteiger partial charge in [0.15, 0.2) is 6.10 Å². The molecular weight excluding hydrogens is 592 g/mol. The van der Waals surface area contributed by atoms with Crippen LogP contribution in [0.3, 0.4) is 0 Å². The van der Waals surface area contributed by atoms with Gasteiger partial charge in [-0.3, -0.25) is 4.79 Å². The van der Waals surface area contributed by atoms with Crippen molar-refractivity contribution < 1.29 is 34.7 Å². The Morgan fingerprint density at radius 2 is 0.915 bits per heavy atom. The van der Waals surface area contributed by atoms with Crippen LogP contribution in [-0.4, -0.2) is 70.6 Å². The second-order valence-corrected chi connectivity index (χ2v) is 14.1. The molecule has 1 aliphatic heterocycles. The Labute approximate surface area is 291 Å². The quantitative estimate of drug-likeness (QED) is 0.0405. The van der Waals surface area contributed by atoms with E-state index >= 15 is 0 Å². The van der Waals surface area contributed by atoms with E-state index in [0.29, 0.717) is 13.0 Å². The molecule has 0 bridgehead atoms. The van der Waals surface area contributed by atoms with E-state index in [4.69, 9.17) is 14.6 Å². The molecule has 1 fully saturated rings. The van der Waals surface area contributed by atoms with Gasteiger partial charge in [-0.1, -0.05) is 187 Å². The highest BCUT2D eigenvalue weighted by Crippen LogP contribution is 2.20. The zero-order valence-corrected chi connectivity index (χ0v) is 31.2. The first-order valence-corrected chi connectivity index (χ1v) is 20.4. The van der Waals surface area contributed by atoms with E-state index in [2.05, 4.69) is 13.8 Å². The van der Waals surface area contributed by atoms with E-state index < -0.39 is 31.0 Å². The molecule has 0 aromatic heterocycles. The van der Waals surface area contributed by atoms with Crippen LogP contribution in [0.1, 0.15) is 206 Å². The van der Waals surface area contributed by atoms with Crippen LogP contribution in [0.5, 0.6) is 0 Å². The monoisotopic (exact) mass is 673 g/mol. The van der Waals surface area contributed by atoms with Gasteiger partial charge in [0.2, 0.25) is 0 Å². The third kappa shape index (κ3) is 29.9. The minimum Gasteiger partial charge on any atom is -0.457 e. The van der Waals surface area contributed by atoms with Gasteiger partial charge in [-0.15, -0.1) is 0 Å². The lowest BCUT2D eigenvalue weighted by Gasteiger charge is -2.24. The summed E-state index contributed by atoms with van der Waals surface area (Å²) in [4.78, 5) is 12.0. The summed E-state index contributed by atoms with van der Waals surface area (Å²) < 4.78 is 10.5. The van der Waals surface area contributed by atoms with E-state index in [-0.39, 0.29) is 12.6 Å². The maximum Gasteiger partial charge on any atom is 0.306 e. The molecule has 282 valence electrons. The fourth-order valence-corrected chi connectivity index (χ4v) is 6.34. The smallest absolute Gasteiger partial charge is 0.306 e. The van der Waals surface area contributed by atoms with E-state index in [0.717, 1.165) is 25.7 Å². The number of hydrogen-bond acceptors (Lipinski definition) is 7. The van der Waals surface area contributed by atoms with Crippen LogP contribution in [0, 0.1) is 0 Å². The van der Waals surface area contributed by atoms with Gasteiger partial charge < -0.3 is 29.9 Å². The number of hydrogen-bond donors (Lipinski definition) is 4. The molecule has 0 aromatic carbocycles. The van der Waals surface area contributed by atoms with Crippen molar-refractivity contribution in [2.45, 2.75) is 231 Å². The second kappa shape index (κ2) is 36.5. The van der Waals surface area contributed by atoms with Gasteiger partial charge in [0.1, 0.15) is 18.3 Å². The molecule has 4 N–H and O–H groups in total. The number of carbonyl (C=O) groups is 1. The SMILES string of the molecule is CCCCCCCCCCCCCCCCCC(=O)O[C@H](CO)[C@H]1OC[C@H](O)[C@H]1O.CCCCCCCCCCCCCCCCO. The van der Waals surface area contributed by atoms with Crippen LogP contribution < -0.4 is 0 Å². The van der Waals surface area contributed by atoms with Crippen LogP contribution in [0.4, 0.5) is 0 Å². The summed E-state index contributed by atoms with van der Waals surface area (Å²) in [5, 5.41) is 37.3. The Hall–Kier alpha value is -0.730. The largest absolute Gasteiger partial charge is 0.457 e. The van der Waals surface area contributed by atoms with E-state index in [9.17, 15) is 20.1 Å². The number of aliphatic hydroxyl groups excluding tert-OH is 4. The fourth-order valence-electron chi connectivity index (χ4n) is 6.34. The zero-order valence-electron chi connectivity index (χ0n) is 31.2. The van der Waals surface area contributed by atoms with Crippen LogP contribution in [0.2, 0.25) is 0 Å². The molecular formula is C40H80O7. The van der Waals surface area contributed by atoms with Crippen molar-refractivity contribution in [3.63, 3.8) is 0 Å². The maximum atomic E-state index is 12.0. The highest BCUT2D eigenvalue weighted by atomic mass is 16.6. The molecule has 0 radical (unpaired) electrons. The molecule has 0 spiro atoms. The molecule has 4 atom stereocenters. The van der Waals surface area contributed by atoms with Crippen LogP contribution >= 0.6 is 0 Å². The minimum absolute atomic E-state index is 0.0149. The Kier molecular flexibility index (Phi) is 36.0. The topological polar surface area (TPSA) is 116 Å². The standard InChI is InChI=1S/C24H46O6.C16H34O/c1-2-3-4-5-6-7-8-9-10-11-12-13-14-15-16-17-22(27)30-21(18-25)24-23(28)20(26)19-29-24;1-2-3-4-5-6-7-8-9-10-11-12-13-14-15-16-17/h20-21,23-26,28H,2-19H2,1H3;17H,2-16H2,1H3/t20-,21+,23+,24+;/m0./s1. The Balaban J connectivity index is 0.00000106. The normalized spacial score (nSPS) is 18.2. The summed E-state index contributed by atoms with van der Waals surface area (Å²) >= 11 is 0. The summed E-state index contributed by atoms with van der Waals surface area (Å²) in [5.41, 5.74) is 0. The van der Waals surface area contributed by atoms with E-state index in [1.807, 2.05) is 0 Å². The molecule has 47 heavy (non-hydrogen) atoms. The molecule has 7 heteroatoms. The van der Waals surface area contributed by atoms with Gasteiger partial charge in [0, 0.05) is 13.0 Å². The van der Waals surface area contributed by atoms with Gasteiger partial charge in [-0.2, -0.15) is 0 Å². The predicted octanol–water partition coefficient (Wildman–Crippen LogP) is 9.73.